The Hall–Kier alpha value is -3.09. The molecule has 0 atom stereocenters. The van der Waals surface area contributed by atoms with Crippen LogP contribution >= 0.6 is 0 Å². The van der Waals surface area contributed by atoms with Crippen LogP contribution in [0.5, 0.6) is 0 Å². The molecular weight excluding hydrogens is 409 g/mol. The summed E-state index contributed by atoms with van der Waals surface area (Å²) in [7, 11) is -0.393. The zero-order valence-corrected chi connectivity index (χ0v) is 19.6. The molecule has 6 heteroatoms. The van der Waals surface area contributed by atoms with E-state index in [9.17, 15) is 0 Å². The summed E-state index contributed by atoms with van der Waals surface area (Å²) in [6.07, 6.45) is 8.50. The van der Waals surface area contributed by atoms with Crippen LogP contribution in [0.1, 0.15) is 46.4 Å². The number of hydrogen-bond donors (Lipinski definition) is 0. The number of benzene rings is 2. The molecule has 1 aliphatic heterocycles. The van der Waals surface area contributed by atoms with Gasteiger partial charge in [-0.15, -0.1) is 0 Å². The lowest BCUT2D eigenvalue weighted by Gasteiger charge is -2.32. The van der Waals surface area contributed by atoms with Crippen molar-refractivity contribution >= 4 is 18.2 Å². The van der Waals surface area contributed by atoms with Gasteiger partial charge in [-0.3, -0.25) is 0 Å². The summed E-state index contributed by atoms with van der Waals surface area (Å²) < 4.78 is 12.4. The highest BCUT2D eigenvalue weighted by atomic mass is 16.7. The molecular formula is C27H28BN3O2. The number of allylic oxidation sites excluding steroid dienone is 4. The highest BCUT2D eigenvalue weighted by Gasteiger charge is 2.51. The lowest BCUT2D eigenvalue weighted by Crippen LogP contribution is -2.41. The van der Waals surface area contributed by atoms with Crippen molar-refractivity contribution in [3.63, 3.8) is 0 Å². The van der Waals surface area contributed by atoms with Crippen LogP contribution in [0, 0.1) is 0 Å². The van der Waals surface area contributed by atoms with Crippen LogP contribution in [0.4, 0.5) is 0 Å². The third-order valence-electron chi connectivity index (χ3n) is 6.61. The molecule has 0 radical (unpaired) electrons. The maximum Gasteiger partial charge on any atom is 0.494 e. The molecule has 0 saturated carbocycles. The maximum absolute atomic E-state index is 6.19. The van der Waals surface area contributed by atoms with Crippen LogP contribution in [0.25, 0.3) is 28.3 Å². The lowest BCUT2D eigenvalue weighted by molar-refractivity contribution is 0.00578. The average Bonchev–Trinajstić information content (AvgIpc) is 3.07. The molecule has 2 aromatic carbocycles. The number of hydrogen-bond acceptors (Lipinski definition) is 5. The van der Waals surface area contributed by atoms with Crippen molar-refractivity contribution in [1.29, 1.82) is 0 Å². The van der Waals surface area contributed by atoms with Crippen LogP contribution in [-0.2, 0) is 9.31 Å². The van der Waals surface area contributed by atoms with E-state index in [1.54, 1.807) is 0 Å². The van der Waals surface area contributed by atoms with Crippen molar-refractivity contribution < 1.29 is 9.31 Å². The molecule has 0 unspecified atom stereocenters. The van der Waals surface area contributed by atoms with Crippen molar-refractivity contribution in [2.24, 2.45) is 0 Å². The summed E-state index contributed by atoms with van der Waals surface area (Å²) in [6.45, 7) is 8.25. The molecule has 0 amide bonds. The van der Waals surface area contributed by atoms with Crippen molar-refractivity contribution in [1.82, 2.24) is 15.0 Å². The number of nitrogens with zero attached hydrogens (tertiary/aromatic N) is 3. The van der Waals surface area contributed by atoms with Gasteiger partial charge in [0.2, 0.25) is 0 Å². The Kier molecular flexibility index (Phi) is 5.51. The van der Waals surface area contributed by atoms with Crippen LogP contribution in [0.3, 0.4) is 0 Å². The van der Waals surface area contributed by atoms with E-state index in [4.69, 9.17) is 24.3 Å². The fourth-order valence-electron chi connectivity index (χ4n) is 3.90. The largest absolute Gasteiger partial charge is 0.494 e. The average molecular weight is 437 g/mol. The molecule has 0 bridgehead atoms. The van der Waals surface area contributed by atoms with Gasteiger partial charge in [0.1, 0.15) is 0 Å². The highest BCUT2D eigenvalue weighted by molar-refractivity contribution is 6.62. The molecule has 166 valence electrons. The molecule has 5 rings (SSSR count). The lowest BCUT2D eigenvalue weighted by atomic mass is 9.79. The molecule has 1 fully saturated rings. The summed E-state index contributed by atoms with van der Waals surface area (Å²) >= 11 is 0. The summed E-state index contributed by atoms with van der Waals surface area (Å²) in [5.41, 5.74) is 3.17. The summed E-state index contributed by atoms with van der Waals surface area (Å²) in [5.74, 6) is 2.02. The molecule has 1 aliphatic carbocycles. The third kappa shape index (κ3) is 4.29. The van der Waals surface area contributed by atoms with Gasteiger partial charge in [0.25, 0.3) is 0 Å². The van der Waals surface area contributed by atoms with Crippen LogP contribution in [-0.4, -0.2) is 33.3 Å². The van der Waals surface area contributed by atoms with Gasteiger partial charge in [-0.05, 0) is 46.0 Å². The van der Waals surface area contributed by atoms with Gasteiger partial charge in [0.15, 0.2) is 17.5 Å². The summed E-state index contributed by atoms with van der Waals surface area (Å²) in [6, 6.07) is 18.2. The zero-order chi connectivity index (χ0) is 23.1. The predicted octanol–water partition coefficient (Wildman–Crippen LogP) is 5.24. The second kappa shape index (κ2) is 8.36. The Bertz CT molecular complexity index is 1200. The van der Waals surface area contributed by atoms with Gasteiger partial charge in [0, 0.05) is 16.7 Å². The van der Waals surface area contributed by atoms with Crippen LogP contribution < -0.4 is 5.46 Å². The minimum atomic E-state index is -0.393. The standard InChI is InChI=1S/C27H28BN3O2/c1-26(2)27(3,4)33-28(32-26)22-17-15-21(16-18-22)25-30-23(19-11-7-5-8-12-19)29-24(31-25)20-13-9-6-10-14-20/h5,7-9,11-18H,6,10H2,1-4H3. The number of rotatable bonds is 4. The first kappa shape index (κ1) is 21.7. The molecule has 0 spiro atoms. The summed E-state index contributed by atoms with van der Waals surface area (Å²) in [4.78, 5) is 14.4. The number of aromatic nitrogens is 3. The SMILES string of the molecule is CC1(C)OB(c2ccc(-c3nc(C4=CCCC=C4)nc(-c4ccccc4)n3)cc2)OC1(C)C. The normalized spacial score (nSPS) is 18.9. The van der Waals surface area contributed by atoms with Gasteiger partial charge >= 0.3 is 7.12 Å². The monoisotopic (exact) mass is 437 g/mol. The first-order valence-corrected chi connectivity index (χ1v) is 11.5. The molecule has 1 saturated heterocycles. The van der Waals surface area contributed by atoms with Crippen molar-refractivity contribution in [2.45, 2.75) is 51.7 Å². The quantitative estimate of drug-likeness (QED) is 0.523. The minimum absolute atomic E-state index is 0.370. The fourth-order valence-corrected chi connectivity index (χ4v) is 3.90. The predicted molar refractivity (Wildman–Crippen MR) is 133 cm³/mol. The smallest absolute Gasteiger partial charge is 0.399 e. The Morgan fingerprint density at radius 1 is 0.697 bits per heavy atom. The Morgan fingerprint density at radius 3 is 1.85 bits per heavy atom. The van der Waals surface area contributed by atoms with Gasteiger partial charge < -0.3 is 9.31 Å². The van der Waals surface area contributed by atoms with Gasteiger partial charge in [0.05, 0.1) is 11.2 Å². The molecule has 1 aromatic heterocycles. The maximum atomic E-state index is 6.19. The fraction of sp³-hybridized carbons (Fsp3) is 0.296. The van der Waals surface area contributed by atoms with Crippen molar-refractivity contribution in [2.75, 3.05) is 0 Å². The second-order valence-corrected chi connectivity index (χ2v) is 9.52. The molecule has 3 aromatic rings. The van der Waals surface area contributed by atoms with Gasteiger partial charge in [-0.1, -0.05) is 72.8 Å². The van der Waals surface area contributed by atoms with Crippen molar-refractivity contribution in [3.8, 4) is 22.8 Å². The highest BCUT2D eigenvalue weighted by Crippen LogP contribution is 2.36. The first-order chi connectivity index (χ1) is 15.8. The molecule has 2 aliphatic rings. The van der Waals surface area contributed by atoms with Crippen LogP contribution in [0.15, 0.2) is 72.8 Å². The minimum Gasteiger partial charge on any atom is -0.399 e. The van der Waals surface area contributed by atoms with E-state index in [1.807, 2.05) is 54.6 Å². The van der Waals surface area contributed by atoms with Gasteiger partial charge in [-0.25, -0.2) is 15.0 Å². The van der Waals surface area contributed by atoms with E-state index >= 15 is 0 Å². The van der Waals surface area contributed by atoms with Crippen molar-refractivity contribution in [3.05, 3.63) is 78.6 Å². The topological polar surface area (TPSA) is 57.1 Å². The molecule has 5 nitrogen and oxygen atoms in total. The first-order valence-electron chi connectivity index (χ1n) is 11.5. The second-order valence-electron chi connectivity index (χ2n) is 9.52. The molecule has 2 heterocycles. The van der Waals surface area contributed by atoms with Gasteiger partial charge in [-0.2, -0.15) is 0 Å². The van der Waals surface area contributed by atoms with E-state index in [0.717, 1.165) is 35.0 Å². The Morgan fingerprint density at radius 2 is 1.27 bits per heavy atom. The Balaban J connectivity index is 1.51. The van der Waals surface area contributed by atoms with E-state index in [-0.39, 0.29) is 11.2 Å². The molecule has 33 heavy (non-hydrogen) atoms. The van der Waals surface area contributed by atoms with E-state index in [2.05, 4.69) is 45.9 Å². The zero-order valence-electron chi connectivity index (χ0n) is 19.6. The van der Waals surface area contributed by atoms with E-state index in [1.165, 1.54) is 0 Å². The molecule has 0 N–H and O–H groups in total. The van der Waals surface area contributed by atoms with E-state index < -0.39 is 7.12 Å². The van der Waals surface area contributed by atoms with E-state index in [0.29, 0.717) is 17.5 Å². The summed E-state index contributed by atoms with van der Waals surface area (Å²) in [5, 5.41) is 0. The Labute approximate surface area is 195 Å². The van der Waals surface area contributed by atoms with Crippen LogP contribution in [0.2, 0.25) is 0 Å². The third-order valence-corrected chi connectivity index (χ3v) is 6.61.